The average Bonchev–Trinajstić information content (AvgIpc) is 2.39. The van der Waals surface area contributed by atoms with E-state index in [9.17, 15) is 0 Å². The Morgan fingerprint density at radius 2 is 1.95 bits per heavy atom. The normalized spacial score (nSPS) is 10.7. The van der Waals surface area contributed by atoms with Gasteiger partial charge in [-0.05, 0) is 30.7 Å². The molecule has 0 saturated carbocycles. The molecule has 0 aliphatic rings. The van der Waals surface area contributed by atoms with Crippen molar-refractivity contribution >= 4 is 41.7 Å². The molecule has 0 atom stereocenters. The highest BCUT2D eigenvalue weighted by Gasteiger charge is 2.07. The second kappa shape index (κ2) is 4.85. The smallest absolute Gasteiger partial charge is 0.222 e. The zero-order chi connectivity index (χ0) is 14.1. The lowest BCUT2D eigenvalue weighted by Crippen LogP contribution is -2.05. The van der Waals surface area contributed by atoms with E-state index in [1.165, 1.54) is 5.56 Å². The van der Waals surface area contributed by atoms with E-state index in [0.717, 1.165) is 16.6 Å². The van der Waals surface area contributed by atoms with Crippen LogP contribution in [0.3, 0.4) is 0 Å². The SMILES string of the molecule is [B]c1ccc2nc(N)nc(Nc3cccc(C)c3)c2c1. The van der Waals surface area contributed by atoms with Crippen molar-refractivity contribution in [3.8, 4) is 0 Å². The molecule has 2 radical (unpaired) electrons. The fraction of sp³-hybridized carbons (Fsp3) is 0.0667. The monoisotopic (exact) mass is 260 g/mol. The van der Waals surface area contributed by atoms with Crippen LogP contribution in [0.5, 0.6) is 0 Å². The number of aryl methyl sites for hydroxylation is 1. The molecule has 3 rings (SSSR count). The van der Waals surface area contributed by atoms with E-state index < -0.39 is 0 Å². The van der Waals surface area contributed by atoms with Gasteiger partial charge in [0.25, 0.3) is 0 Å². The lowest BCUT2D eigenvalue weighted by molar-refractivity contribution is 1.23. The Balaban J connectivity index is 2.12. The summed E-state index contributed by atoms with van der Waals surface area (Å²) in [5.74, 6) is 0.892. The fourth-order valence-electron chi connectivity index (χ4n) is 2.12. The number of hydrogen-bond donors (Lipinski definition) is 2. The molecule has 0 bridgehead atoms. The number of hydrogen-bond acceptors (Lipinski definition) is 4. The van der Waals surface area contributed by atoms with Crippen molar-refractivity contribution in [3.63, 3.8) is 0 Å². The summed E-state index contributed by atoms with van der Waals surface area (Å²) in [7, 11) is 5.83. The van der Waals surface area contributed by atoms with Gasteiger partial charge in [-0.2, -0.15) is 4.98 Å². The highest BCUT2D eigenvalue weighted by Crippen LogP contribution is 2.24. The predicted octanol–water partition coefficient (Wildman–Crippen LogP) is 2.06. The molecule has 5 heteroatoms. The van der Waals surface area contributed by atoms with Gasteiger partial charge in [0.05, 0.1) is 5.52 Å². The Labute approximate surface area is 118 Å². The number of benzene rings is 2. The first-order valence-electron chi connectivity index (χ1n) is 6.28. The maximum absolute atomic E-state index is 5.83. The van der Waals surface area contributed by atoms with E-state index in [0.29, 0.717) is 11.3 Å². The van der Waals surface area contributed by atoms with Crippen molar-refractivity contribution in [2.75, 3.05) is 11.1 Å². The molecule has 0 saturated heterocycles. The Morgan fingerprint density at radius 1 is 1.10 bits per heavy atom. The minimum atomic E-state index is 0.234. The summed E-state index contributed by atoms with van der Waals surface area (Å²) in [6.07, 6.45) is 0. The van der Waals surface area contributed by atoms with Gasteiger partial charge in [0, 0.05) is 11.1 Å². The van der Waals surface area contributed by atoms with Crippen LogP contribution in [0.15, 0.2) is 42.5 Å². The van der Waals surface area contributed by atoms with Crippen LogP contribution in [0.25, 0.3) is 10.9 Å². The Kier molecular flexibility index (Phi) is 3.02. The summed E-state index contributed by atoms with van der Waals surface area (Å²) in [5, 5.41) is 4.12. The number of nitrogens with one attached hydrogen (secondary N) is 1. The van der Waals surface area contributed by atoms with Crippen LogP contribution in [0.1, 0.15) is 5.56 Å². The lowest BCUT2D eigenvalue weighted by atomic mass is 9.95. The first-order chi connectivity index (χ1) is 9.61. The quantitative estimate of drug-likeness (QED) is 0.692. The minimum Gasteiger partial charge on any atom is -0.368 e. The molecule has 20 heavy (non-hydrogen) atoms. The first kappa shape index (κ1) is 12.5. The molecular formula is C15H13BN4. The summed E-state index contributed by atoms with van der Waals surface area (Å²) >= 11 is 0. The molecular weight excluding hydrogens is 247 g/mol. The summed E-state index contributed by atoms with van der Waals surface area (Å²) in [5.41, 5.74) is 9.30. The van der Waals surface area contributed by atoms with Gasteiger partial charge in [-0.1, -0.05) is 29.7 Å². The highest BCUT2D eigenvalue weighted by molar-refractivity contribution is 6.33. The lowest BCUT2D eigenvalue weighted by Gasteiger charge is -2.10. The molecule has 0 fully saturated rings. The van der Waals surface area contributed by atoms with E-state index in [4.69, 9.17) is 13.6 Å². The molecule has 2 aromatic carbocycles. The summed E-state index contributed by atoms with van der Waals surface area (Å²) in [6.45, 7) is 2.04. The van der Waals surface area contributed by atoms with Gasteiger partial charge in [-0.3, -0.25) is 0 Å². The van der Waals surface area contributed by atoms with Gasteiger partial charge in [-0.15, -0.1) is 0 Å². The maximum atomic E-state index is 5.83. The summed E-state index contributed by atoms with van der Waals surface area (Å²) < 4.78 is 0. The highest BCUT2D eigenvalue weighted by atomic mass is 15.1. The number of anilines is 3. The Hall–Kier alpha value is -2.56. The maximum Gasteiger partial charge on any atom is 0.222 e. The zero-order valence-electron chi connectivity index (χ0n) is 11.1. The largest absolute Gasteiger partial charge is 0.368 e. The van der Waals surface area contributed by atoms with Crippen LogP contribution in [0, 0.1) is 6.92 Å². The number of fused-ring (bicyclic) bond motifs is 1. The van der Waals surface area contributed by atoms with Gasteiger partial charge in [-0.25, -0.2) is 4.98 Å². The third-order valence-corrected chi connectivity index (χ3v) is 3.02. The van der Waals surface area contributed by atoms with Gasteiger partial charge < -0.3 is 11.1 Å². The van der Waals surface area contributed by atoms with E-state index in [1.54, 1.807) is 6.07 Å². The second-order valence-corrected chi connectivity index (χ2v) is 4.70. The molecule has 0 unspecified atom stereocenters. The van der Waals surface area contributed by atoms with Crippen LogP contribution in [-0.2, 0) is 0 Å². The minimum absolute atomic E-state index is 0.234. The van der Waals surface area contributed by atoms with Gasteiger partial charge >= 0.3 is 0 Å². The van der Waals surface area contributed by atoms with E-state index >= 15 is 0 Å². The van der Waals surface area contributed by atoms with Crippen molar-refractivity contribution in [3.05, 3.63) is 48.0 Å². The van der Waals surface area contributed by atoms with E-state index in [-0.39, 0.29) is 5.95 Å². The van der Waals surface area contributed by atoms with Crippen molar-refractivity contribution in [2.24, 2.45) is 0 Å². The van der Waals surface area contributed by atoms with Crippen molar-refractivity contribution in [1.82, 2.24) is 9.97 Å². The molecule has 3 N–H and O–H groups in total. The van der Waals surface area contributed by atoms with Crippen molar-refractivity contribution < 1.29 is 0 Å². The molecule has 0 amide bonds. The zero-order valence-corrected chi connectivity index (χ0v) is 11.1. The van der Waals surface area contributed by atoms with Gasteiger partial charge in [0.1, 0.15) is 13.7 Å². The number of aromatic nitrogens is 2. The van der Waals surface area contributed by atoms with Crippen LogP contribution >= 0.6 is 0 Å². The Morgan fingerprint density at radius 3 is 2.75 bits per heavy atom. The topological polar surface area (TPSA) is 63.8 Å². The standard InChI is InChI=1S/C15H13BN4/c1-9-3-2-4-11(7-9)18-14-12-8-10(16)5-6-13(12)19-15(17)20-14/h2-8H,1H3,(H3,17,18,19,20). The fourth-order valence-corrected chi connectivity index (χ4v) is 2.12. The van der Waals surface area contributed by atoms with Gasteiger partial charge in [0.15, 0.2) is 0 Å². The van der Waals surface area contributed by atoms with Crippen LogP contribution in [0.4, 0.5) is 17.5 Å². The van der Waals surface area contributed by atoms with Crippen molar-refractivity contribution in [1.29, 1.82) is 0 Å². The third-order valence-electron chi connectivity index (χ3n) is 3.02. The van der Waals surface area contributed by atoms with Crippen molar-refractivity contribution in [2.45, 2.75) is 6.92 Å². The van der Waals surface area contributed by atoms with E-state index in [1.807, 2.05) is 43.3 Å². The average molecular weight is 260 g/mol. The predicted molar refractivity (Wildman–Crippen MR) is 83.8 cm³/mol. The van der Waals surface area contributed by atoms with Gasteiger partial charge in [0.2, 0.25) is 5.95 Å². The molecule has 4 nitrogen and oxygen atoms in total. The third kappa shape index (κ3) is 2.43. The van der Waals surface area contributed by atoms with E-state index in [2.05, 4.69) is 15.3 Å². The molecule has 0 spiro atoms. The molecule has 3 aromatic rings. The molecule has 0 aliphatic heterocycles. The second-order valence-electron chi connectivity index (χ2n) is 4.70. The van der Waals surface area contributed by atoms with Crippen LogP contribution in [0.2, 0.25) is 0 Å². The molecule has 1 heterocycles. The number of nitrogens with two attached hydrogens (primary N) is 1. The first-order valence-corrected chi connectivity index (χ1v) is 6.28. The number of nitrogens with zero attached hydrogens (tertiary/aromatic N) is 2. The molecule has 96 valence electrons. The van der Waals surface area contributed by atoms with Crippen LogP contribution < -0.4 is 16.5 Å². The van der Waals surface area contributed by atoms with Crippen LogP contribution in [-0.4, -0.2) is 17.8 Å². The number of rotatable bonds is 2. The summed E-state index contributed by atoms with van der Waals surface area (Å²) in [6, 6.07) is 13.5. The molecule has 1 aromatic heterocycles. The summed E-state index contributed by atoms with van der Waals surface area (Å²) in [4.78, 5) is 8.48. The Bertz CT molecular complexity index is 786. The molecule has 0 aliphatic carbocycles. The number of nitrogen functional groups attached to an aromatic ring is 1.